The van der Waals surface area contributed by atoms with Gasteiger partial charge < -0.3 is 10.1 Å². The third-order valence-electron chi connectivity index (χ3n) is 4.29. The highest BCUT2D eigenvalue weighted by Crippen LogP contribution is 2.29. The van der Waals surface area contributed by atoms with Crippen molar-refractivity contribution in [2.75, 3.05) is 5.32 Å². The Hall–Kier alpha value is -3.17. The van der Waals surface area contributed by atoms with Crippen LogP contribution in [0.2, 0.25) is 0 Å². The van der Waals surface area contributed by atoms with E-state index in [4.69, 9.17) is 4.74 Å². The first kappa shape index (κ1) is 21.1. The van der Waals surface area contributed by atoms with Crippen molar-refractivity contribution in [3.05, 3.63) is 81.1 Å². The number of carbonyl (C=O) groups is 1. The highest BCUT2D eigenvalue weighted by atomic mass is 32.1. The average molecular weight is 458 g/mol. The zero-order chi connectivity index (χ0) is 21.8. The van der Waals surface area contributed by atoms with Gasteiger partial charge in [-0.1, -0.05) is 23.8 Å². The van der Waals surface area contributed by atoms with Crippen LogP contribution in [0.4, 0.5) is 13.9 Å². The molecule has 0 radical (unpaired) electrons. The van der Waals surface area contributed by atoms with Gasteiger partial charge in [0.2, 0.25) is 5.91 Å². The second-order valence-corrected chi connectivity index (χ2v) is 8.49. The summed E-state index contributed by atoms with van der Waals surface area (Å²) in [5.41, 5.74) is 1.69. The van der Waals surface area contributed by atoms with Crippen LogP contribution < -0.4 is 10.1 Å². The summed E-state index contributed by atoms with van der Waals surface area (Å²) >= 11 is 2.51. The summed E-state index contributed by atoms with van der Waals surface area (Å²) in [6.45, 7) is 2.33. The summed E-state index contributed by atoms with van der Waals surface area (Å²) in [6, 6.07) is 11.3. The number of amides is 1. The molecule has 0 saturated carbocycles. The van der Waals surface area contributed by atoms with Crippen molar-refractivity contribution in [2.45, 2.75) is 20.0 Å². The smallest absolute Gasteiger partial charge is 0.232 e. The molecule has 0 unspecified atom stereocenters. The molecule has 2 heterocycles. The quantitative estimate of drug-likeness (QED) is 0.392. The maximum absolute atomic E-state index is 13.9. The van der Waals surface area contributed by atoms with Crippen molar-refractivity contribution in [1.29, 1.82) is 0 Å². The van der Waals surface area contributed by atoms with E-state index >= 15 is 0 Å². The van der Waals surface area contributed by atoms with Crippen LogP contribution in [-0.2, 0) is 17.8 Å². The maximum Gasteiger partial charge on any atom is 0.232 e. The van der Waals surface area contributed by atoms with Crippen LogP contribution in [0.1, 0.15) is 16.3 Å². The molecule has 0 atom stereocenters. The van der Waals surface area contributed by atoms with Gasteiger partial charge in [-0.3, -0.25) is 4.79 Å². The van der Waals surface area contributed by atoms with E-state index in [1.54, 1.807) is 5.38 Å². The predicted molar refractivity (Wildman–Crippen MR) is 117 cm³/mol. The molecule has 0 aliphatic rings. The first-order valence-electron chi connectivity index (χ1n) is 9.30. The molecule has 4 rings (SSSR count). The zero-order valence-corrected chi connectivity index (χ0v) is 18.0. The lowest BCUT2D eigenvalue weighted by Gasteiger charge is -2.04. The van der Waals surface area contributed by atoms with Crippen molar-refractivity contribution in [3.8, 4) is 17.0 Å². The number of halogens is 2. The highest BCUT2D eigenvalue weighted by Gasteiger charge is 2.16. The molecule has 4 aromatic rings. The predicted octanol–water partition coefficient (Wildman–Crippen LogP) is 5.61. The molecule has 2 aromatic carbocycles. The van der Waals surface area contributed by atoms with E-state index in [-0.39, 0.29) is 28.7 Å². The van der Waals surface area contributed by atoms with E-state index < -0.39 is 11.6 Å². The van der Waals surface area contributed by atoms with Crippen LogP contribution in [0.3, 0.4) is 0 Å². The number of aryl methyl sites for hydroxylation is 1. The summed E-state index contributed by atoms with van der Waals surface area (Å²) in [7, 11) is 0. The fourth-order valence-corrected chi connectivity index (χ4v) is 4.22. The number of aromatic nitrogens is 2. The number of ether oxygens (including phenoxy) is 1. The fourth-order valence-electron chi connectivity index (χ4n) is 2.79. The van der Waals surface area contributed by atoms with E-state index in [2.05, 4.69) is 15.3 Å². The summed E-state index contributed by atoms with van der Waals surface area (Å²) in [5.74, 6) is -0.964. The number of rotatable bonds is 7. The normalized spacial score (nSPS) is 10.8. The van der Waals surface area contributed by atoms with Gasteiger partial charge in [0.15, 0.2) is 5.13 Å². The lowest BCUT2D eigenvalue weighted by atomic mass is 10.1. The summed E-state index contributed by atoms with van der Waals surface area (Å²) in [5, 5.41) is 6.97. The minimum Gasteiger partial charge on any atom is -0.486 e. The lowest BCUT2D eigenvalue weighted by Crippen LogP contribution is -2.14. The Labute approximate surface area is 185 Å². The summed E-state index contributed by atoms with van der Waals surface area (Å²) in [4.78, 5) is 20.9. The molecule has 0 saturated heterocycles. The first-order valence-corrected chi connectivity index (χ1v) is 11.1. The van der Waals surface area contributed by atoms with Crippen LogP contribution >= 0.6 is 22.7 Å². The number of thiazole rings is 2. The Bertz CT molecular complexity index is 1190. The van der Waals surface area contributed by atoms with Crippen LogP contribution in [0, 0.1) is 18.6 Å². The summed E-state index contributed by atoms with van der Waals surface area (Å²) in [6.07, 6.45) is 0.0595. The van der Waals surface area contributed by atoms with Crippen LogP contribution in [-0.4, -0.2) is 15.9 Å². The van der Waals surface area contributed by atoms with E-state index in [1.165, 1.54) is 34.9 Å². The zero-order valence-electron chi connectivity index (χ0n) is 16.4. The molecule has 0 bridgehead atoms. The Morgan fingerprint density at radius 2 is 1.77 bits per heavy atom. The minimum atomic E-state index is -0.703. The van der Waals surface area contributed by atoms with Crippen molar-refractivity contribution in [3.63, 3.8) is 0 Å². The molecular weight excluding hydrogens is 440 g/mol. The SMILES string of the molecule is Cc1ccc(OCc2nc(CC(=O)Nc3nc(-c4c(F)cccc4F)cs3)cs2)cc1. The minimum absolute atomic E-state index is 0.0595. The van der Waals surface area contributed by atoms with Gasteiger partial charge in [0.25, 0.3) is 0 Å². The monoisotopic (exact) mass is 457 g/mol. The first-order chi connectivity index (χ1) is 15.0. The van der Waals surface area contributed by atoms with Crippen molar-refractivity contribution in [1.82, 2.24) is 9.97 Å². The number of carbonyl (C=O) groups excluding carboxylic acids is 1. The Morgan fingerprint density at radius 3 is 2.52 bits per heavy atom. The van der Waals surface area contributed by atoms with Gasteiger partial charge in [-0.15, -0.1) is 22.7 Å². The van der Waals surface area contributed by atoms with Crippen LogP contribution in [0.5, 0.6) is 5.75 Å². The Kier molecular flexibility index (Phi) is 6.34. The van der Waals surface area contributed by atoms with Crippen LogP contribution in [0.25, 0.3) is 11.3 Å². The van der Waals surface area contributed by atoms with Gasteiger partial charge in [0.05, 0.1) is 23.4 Å². The van der Waals surface area contributed by atoms with Gasteiger partial charge >= 0.3 is 0 Å². The van der Waals surface area contributed by atoms with Crippen molar-refractivity contribution < 1.29 is 18.3 Å². The van der Waals surface area contributed by atoms with Crippen LogP contribution in [0.15, 0.2) is 53.2 Å². The molecule has 1 N–H and O–H groups in total. The number of hydrogen-bond donors (Lipinski definition) is 1. The van der Waals surface area contributed by atoms with E-state index in [0.29, 0.717) is 12.3 Å². The Morgan fingerprint density at radius 1 is 1.03 bits per heavy atom. The van der Waals surface area contributed by atoms with Gasteiger partial charge in [-0.2, -0.15) is 0 Å². The number of anilines is 1. The topological polar surface area (TPSA) is 64.1 Å². The molecule has 0 aliphatic heterocycles. The largest absolute Gasteiger partial charge is 0.486 e. The summed E-state index contributed by atoms with van der Waals surface area (Å²) < 4.78 is 33.5. The van der Waals surface area contributed by atoms with E-state index in [1.807, 2.05) is 31.2 Å². The molecule has 158 valence electrons. The molecule has 31 heavy (non-hydrogen) atoms. The molecule has 0 aliphatic carbocycles. The third-order valence-corrected chi connectivity index (χ3v) is 5.92. The second kappa shape index (κ2) is 9.32. The van der Waals surface area contributed by atoms with Crippen molar-refractivity contribution >= 4 is 33.7 Å². The standard InChI is InChI=1S/C22H17F2N3O2S2/c1-13-5-7-15(8-6-13)29-10-20-25-14(11-30-20)9-19(28)27-22-26-18(12-31-22)21-16(23)3-2-4-17(21)24/h2-8,11-12H,9-10H2,1H3,(H,26,27,28). The maximum atomic E-state index is 13.9. The second-order valence-electron chi connectivity index (χ2n) is 6.69. The molecule has 2 aromatic heterocycles. The molecule has 1 amide bonds. The van der Waals surface area contributed by atoms with E-state index in [9.17, 15) is 13.6 Å². The molecule has 0 fully saturated rings. The molecule has 5 nitrogen and oxygen atoms in total. The van der Waals surface area contributed by atoms with Gasteiger partial charge in [0, 0.05) is 10.8 Å². The number of nitrogens with one attached hydrogen (secondary N) is 1. The molecule has 9 heteroatoms. The molecule has 0 spiro atoms. The number of benzene rings is 2. The molecular formula is C22H17F2N3O2S2. The highest BCUT2D eigenvalue weighted by molar-refractivity contribution is 7.14. The van der Waals surface area contributed by atoms with E-state index in [0.717, 1.165) is 27.7 Å². The van der Waals surface area contributed by atoms with Crippen molar-refractivity contribution in [2.24, 2.45) is 0 Å². The van der Waals surface area contributed by atoms with Gasteiger partial charge in [0.1, 0.15) is 29.0 Å². The third kappa shape index (κ3) is 5.31. The average Bonchev–Trinajstić information content (AvgIpc) is 3.37. The number of nitrogens with zero attached hydrogens (tertiary/aromatic N) is 2. The van der Waals surface area contributed by atoms with Gasteiger partial charge in [-0.25, -0.2) is 18.7 Å². The number of hydrogen-bond acceptors (Lipinski definition) is 6. The van der Waals surface area contributed by atoms with Gasteiger partial charge in [-0.05, 0) is 31.2 Å². The Balaban J connectivity index is 1.33. The lowest BCUT2D eigenvalue weighted by molar-refractivity contribution is -0.115. The fraction of sp³-hybridized carbons (Fsp3) is 0.136.